The van der Waals surface area contributed by atoms with Gasteiger partial charge in [0.25, 0.3) is 0 Å². The predicted octanol–water partition coefficient (Wildman–Crippen LogP) is 3.48. The zero-order chi connectivity index (χ0) is 16.8. The highest BCUT2D eigenvalue weighted by Gasteiger charge is 2.24. The molecule has 2 fully saturated rings. The Morgan fingerprint density at radius 2 is 1.79 bits per heavy atom. The van der Waals surface area contributed by atoms with Crippen molar-refractivity contribution >= 4 is 0 Å². The molecule has 0 saturated carbocycles. The van der Waals surface area contributed by atoms with Crippen LogP contribution in [-0.2, 0) is 6.54 Å². The minimum absolute atomic E-state index is 0.542. The molecule has 0 N–H and O–H groups in total. The first-order chi connectivity index (χ1) is 11.8. The zero-order valence-corrected chi connectivity index (χ0v) is 15.7. The van der Waals surface area contributed by atoms with Crippen molar-refractivity contribution in [1.29, 1.82) is 0 Å². The predicted molar refractivity (Wildman–Crippen MR) is 98.0 cm³/mol. The number of nitrogens with zero attached hydrogens (tertiary/aromatic N) is 5. The van der Waals surface area contributed by atoms with Crippen molar-refractivity contribution in [2.45, 2.75) is 83.8 Å². The number of rotatable bonds is 6. The molecule has 0 radical (unpaired) electrons. The lowest BCUT2D eigenvalue weighted by atomic mass is 10.0. The average molecular weight is 334 g/mol. The van der Waals surface area contributed by atoms with Gasteiger partial charge in [0, 0.05) is 25.7 Å². The summed E-state index contributed by atoms with van der Waals surface area (Å²) in [7, 11) is 0. The van der Waals surface area contributed by atoms with Crippen LogP contribution in [-0.4, -0.2) is 57.0 Å². The maximum atomic E-state index is 4.46. The van der Waals surface area contributed by atoms with Gasteiger partial charge in [-0.25, -0.2) is 4.68 Å². The lowest BCUT2D eigenvalue weighted by Crippen LogP contribution is -2.40. The summed E-state index contributed by atoms with van der Waals surface area (Å²) in [4.78, 5) is 5.20. The SMILES string of the molecule is CCCC(C)N1CCC(n2cc(CN3CCCCCC3)nn2)CC1. The summed E-state index contributed by atoms with van der Waals surface area (Å²) in [5.74, 6) is 0. The van der Waals surface area contributed by atoms with Crippen molar-refractivity contribution in [2.75, 3.05) is 26.2 Å². The first kappa shape index (κ1) is 17.9. The fourth-order valence-electron chi connectivity index (χ4n) is 4.28. The van der Waals surface area contributed by atoms with Gasteiger partial charge < -0.3 is 4.90 Å². The summed E-state index contributed by atoms with van der Waals surface area (Å²) >= 11 is 0. The standard InChI is InChI=1S/C19H35N5/c1-3-8-17(2)23-13-9-19(10-14-23)24-16-18(20-21-24)15-22-11-6-4-5-7-12-22/h16-17,19H,3-15H2,1-2H3. The van der Waals surface area contributed by atoms with Gasteiger partial charge in [0.1, 0.15) is 0 Å². The first-order valence-electron chi connectivity index (χ1n) is 10.1. The van der Waals surface area contributed by atoms with Crippen LogP contribution in [0, 0.1) is 0 Å². The highest BCUT2D eigenvalue weighted by Crippen LogP contribution is 2.24. The molecule has 1 atom stereocenters. The second-order valence-corrected chi connectivity index (χ2v) is 7.79. The van der Waals surface area contributed by atoms with Gasteiger partial charge in [-0.1, -0.05) is 31.4 Å². The lowest BCUT2D eigenvalue weighted by molar-refractivity contribution is 0.132. The van der Waals surface area contributed by atoms with E-state index >= 15 is 0 Å². The molecule has 0 aromatic carbocycles. The van der Waals surface area contributed by atoms with Gasteiger partial charge in [0.15, 0.2) is 0 Å². The average Bonchev–Trinajstić information content (AvgIpc) is 2.91. The van der Waals surface area contributed by atoms with Crippen molar-refractivity contribution in [1.82, 2.24) is 24.8 Å². The van der Waals surface area contributed by atoms with E-state index in [0.717, 1.165) is 18.3 Å². The Hall–Kier alpha value is -0.940. The third-order valence-corrected chi connectivity index (χ3v) is 5.85. The minimum Gasteiger partial charge on any atom is -0.301 e. The van der Waals surface area contributed by atoms with Gasteiger partial charge in [-0.05, 0) is 52.1 Å². The van der Waals surface area contributed by atoms with Gasteiger partial charge in [-0.2, -0.15) is 0 Å². The van der Waals surface area contributed by atoms with Crippen LogP contribution in [0.25, 0.3) is 0 Å². The molecule has 2 aliphatic heterocycles. The molecule has 3 rings (SSSR count). The first-order valence-corrected chi connectivity index (χ1v) is 10.1. The van der Waals surface area contributed by atoms with Crippen LogP contribution >= 0.6 is 0 Å². The molecule has 0 bridgehead atoms. The van der Waals surface area contributed by atoms with Gasteiger partial charge in [0.2, 0.25) is 0 Å². The van der Waals surface area contributed by atoms with Gasteiger partial charge in [-0.3, -0.25) is 4.90 Å². The molecule has 5 heteroatoms. The lowest BCUT2D eigenvalue weighted by Gasteiger charge is -2.35. The Labute approximate surface area is 147 Å². The summed E-state index contributed by atoms with van der Waals surface area (Å²) in [5.41, 5.74) is 1.15. The Morgan fingerprint density at radius 1 is 1.08 bits per heavy atom. The molecule has 0 amide bonds. The molecule has 1 unspecified atom stereocenters. The molecule has 1 aromatic rings. The topological polar surface area (TPSA) is 37.2 Å². The van der Waals surface area contributed by atoms with E-state index in [2.05, 4.69) is 44.8 Å². The number of likely N-dealkylation sites (tertiary alicyclic amines) is 2. The smallest absolute Gasteiger partial charge is 0.0967 e. The second-order valence-electron chi connectivity index (χ2n) is 7.79. The maximum Gasteiger partial charge on any atom is 0.0967 e. The van der Waals surface area contributed by atoms with E-state index in [0.29, 0.717) is 6.04 Å². The van der Waals surface area contributed by atoms with Gasteiger partial charge in [0.05, 0.1) is 17.9 Å². The number of aromatic nitrogens is 3. The van der Waals surface area contributed by atoms with Crippen LogP contribution in [0.2, 0.25) is 0 Å². The third kappa shape index (κ3) is 4.79. The molecule has 2 saturated heterocycles. The Morgan fingerprint density at radius 3 is 2.46 bits per heavy atom. The zero-order valence-electron chi connectivity index (χ0n) is 15.7. The molecule has 0 aliphatic carbocycles. The fourth-order valence-corrected chi connectivity index (χ4v) is 4.28. The van der Waals surface area contributed by atoms with E-state index < -0.39 is 0 Å². The molecular formula is C19H35N5. The normalized spacial score (nSPS) is 23.2. The van der Waals surface area contributed by atoms with E-state index in [1.807, 2.05) is 0 Å². The van der Waals surface area contributed by atoms with Crippen molar-refractivity contribution in [3.63, 3.8) is 0 Å². The van der Waals surface area contributed by atoms with Crippen molar-refractivity contribution < 1.29 is 0 Å². The number of piperidine rings is 1. The van der Waals surface area contributed by atoms with Gasteiger partial charge >= 0.3 is 0 Å². The molecule has 0 spiro atoms. The molecule has 5 nitrogen and oxygen atoms in total. The Kier molecular flexibility index (Phi) is 6.67. The largest absolute Gasteiger partial charge is 0.301 e. The minimum atomic E-state index is 0.542. The van der Waals surface area contributed by atoms with E-state index in [1.165, 1.54) is 77.5 Å². The highest BCUT2D eigenvalue weighted by atomic mass is 15.4. The molecular weight excluding hydrogens is 298 g/mol. The summed E-state index contributed by atoms with van der Waals surface area (Å²) in [5, 5.41) is 8.91. The van der Waals surface area contributed by atoms with Crippen LogP contribution in [0.4, 0.5) is 0 Å². The third-order valence-electron chi connectivity index (χ3n) is 5.85. The van der Waals surface area contributed by atoms with Crippen molar-refractivity contribution in [3.8, 4) is 0 Å². The summed E-state index contributed by atoms with van der Waals surface area (Å²) in [6, 6.07) is 1.27. The second kappa shape index (κ2) is 8.95. The van der Waals surface area contributed by atoms with Crippen LogP contribution < -0.4 is 0 Å². The highest BCUT2D eigenvalue weighted by molar-refractivity contribution is 4.94. The molecule has 24 heavy (non-hydrogen) atoms. The Bertz CT molecular complexity index is 470. The van der Waals surface area contributed by atoms with E-state index in [4.69, 9.17) is 0 Å². The maximum absolute atomic E-state index is 4.46. The molecule has 1 aromatic heterocycles. The summed E-state index contributed by atoms with van der Waals surface area (Å²) in [6.07, 6.45) is 12.7. The van der Waals surface area contributed by atoms with Crippen LogP contribution in [0.15, 0.2) is 6.20 Å². The van der Waals surface area contributed by atoms with Crippen molar-refractivity contribution in [2.24, 2.45) is 0 Å². The molecule has 136 valence electrons. The monoisotopic (exact) mass is 333 g/mol. The molecule has 2 aliphatic rings. The number of hydrogen-bond donors (Lipinski definition) is 0. The number of hydrogen-bond acceptors (Lipinski definition) is 4. The van der Waals surface area contributed by atoms with Crippen LogP contribution in [0.5, 0.6) is 0 Å². The van der Waals surface area contributed by atoms with Crippen LogP contribution in [0.3, 0.4) is 0 Å². The van der Waals surface area contributed by atoms with E-state index in [1.54, 1.807) is 0 Å². The fraction of sp³-hybridized carbons (Fsp3) is 0.895. The summed E-state index contributed by atoms with van der Waals surface area (Å²) < 4.78 is 2.15. The molecule has 3 heterocycles. The van der Waals surface area contributed by atoms with Crippen LogP contribution in [0.1, 0.15) is 76.9 Å². The van der Waals surface area contributed by atoms with E-state index in [-0.39, 0.29) is 0 Å². The quantitative estimate of drug-likeness (QED) is 0.799. The van der Waals surface area contributed by atoms with Gasteiger partial charge in [-0.15, -0.1) is 5.10 Å². The van der Waals surface area contributed by atoms with Crippen molar-refractivity contribution in [3.05, 3.63) is 11.9 Å². The Balaban J connectivity index is 1.49. The summed E-state index contributed by atoms with van der Waals surface area (Å²) in [6.45, 7) is 10.5. The van der Waals surface area contributed by atoms with E-state index in [9.17, 15) is 0 Å².